The zero-order valence-corrected chi connectivity index (χ0v) is 11.1. The first-order valence-electron chi connectivity index (χ1n) is 6.60. The zero-order chi connectivity index (χ0) is 14.3. The normalized spacial score (nSPS) is 18.2. The van der Waals surface area contributed by atoms with Gasteiger partial charge in [0.25, 0.3) is 0 Å². The number of hydrogen-bond donors (Lipinski definition) is 3. The van der Waals surface area contributed by atoms with Crippen LogP contribution in [-0.4, -0.2) is 53.6 Å². The number of rotatable bonds is 6. The fourth-order valence-electron chi connectivity index (χ4n) is 2.00. The zero-order valence-electron chi connectivity index (χ0n) is 11.1. The molecule has 0 aromatic heterocycles. The van der Waals surface area contributed by atoms with Crippen molar-refractivity contribution in [1.82, 2.24) is 15.5 Å². The first kappa shape index (κ1) is 15.3. The van der Waals surface area contributed by atoms with Gasteiger partial charge in [0.2, 0.25) is 5.91 Å². The van der Waals surface area contributed by atoms with Crippen molar-refractivity contribution in [1.29, 1.82) is 0 Å². The lowest BCUT2D eigenvalue weighted by Gasteiger charge is -2.21. The molecule has 0 saturated carbocycles. The number of carbonyl (C=O) groups is 3. The molecule has 7 heteroatoms. The quantitative estimate of drug-likeness (QED) is 0.641. The summed E-state index contributed by atoms with van der Waals surface area (Å²) in [6.45, 7) is 3.25. The molecule has 7 nitrogen and oxygen atoms in total. The summed E-state index contributed by atoms with van der Waals surface area (Å²) < 4.78 is 0. The molecular weight excluding hydrogens is 250 g/mol. The number of carboxylic acid groups (broad SMARTS) is 1. The molecule has 0 spiro atoms. The number of nitrogens with zero attached hydrogens (tertiary/aromatic N) is 1. The fraction of sp³-hybridized carbons (Fsp3) is 0.750. The molecule has 108 valence electrons. The Morgan fingerprint density at radius 2 is 2.00 bits per heavy atom. The second-order valence-corrected chi connectivity index (χ2v) is 4.52. The number of carbonyl (C=O) groups excluding carboxylic acids is 2. The van der Waals surface area contributed by atoms with E-state index in [1.807, 2.05) is 6.92 Å². The Morgan fingerprint density at radius 3 is 2.63 bits per heavy atom. The van der Waals surface area contributed by atoms with E-state index in [1.54, 1.807) is 0 Å². The van der Waals surface area contributed by atoms with Crippen molar-refractivity contribution in [3.63, 3.8) is 0 Å². The summed E-state index contributed by atoms with van der Waals surface area (Å²) in [7, 11) is 0. The van der Waals surface area contributed by atoms with E-state index in [1.165, 1.54) is 4.90 Å². The second-order valence-electron chi connectivity index (χ2n) is 4.52. The van der Waals surface area contributed by atoms with Gasteiger partial charge in [0.1, 0.15) is 6.04 Å². The number of likely N-dealkylation sites (tertiary alicyclic amines) is 1. The monoisotopic (exact) mass is 271 g/mol. The summed E-state index contributed by atoms with van der Waals surface area (Å²) in [6, 6.07) is -1.15. The van der Waals surface area contributed by atoms with Gasteiger partial charge >= 0.3 is 12.0 Å². The SMILES string of the molecule is CCCNC(=O)CCNC(=O)N1CCCC1C(=O)O. The van der Waals surface area contributed by atoms with E-state index in [-0.39, 0.29) is 18.9 Å². The third-order valence-electron chi connectivity index (χ3n) is 3.00. The Morgan fingerprint density at radius 1 is 1.26 bits per heavy atom. The number of aliphatic carboxylic acids is 1. The van der Waals surface area contributed by atoms with Crippen molar-refractivity contribution in [2.45, 2.75) is 38.6 Å². The summed E-state index contributed by atoms with van der Waals surface area (Å²) in [4.78, 5) is 35.3. The molecular formula is C12H21N3O4. The summed E-state index contributed by atoms with van der Waals surface area (Å²) in [5.74, 6) is -1.09. The van der Waals surface area contributed by atoms with Crippen molar-refractivity contribution in [2.75, 3.05) is 19.6 Å². The molecule has 0 radical (unpaired) electrons. The topological polar surface area (TPSA) is 98.7 Å². The molecule has 0 aromatic carbocycles. The van der Waals surface area contributed by atoms with Crippen LogP contribution in [0.5, 0.6) is 0 Å². The fourth-order valence-corrected chi connectivity index (χ4v) is 2.00. The molecule has 0 aromatic rings. The maximum Gasteiger partial charge on any atom is 0.326 e. The molecule has 0 bridgehead atoms. The highest BCUT2D eigenvalue weighted by Crippen LogP contribution is 2.17. The van der Waals surface area contributed by atoms with E-state index in [9.17, 15) is 14.4 Å². The molecule has 1 aliphatic heterocycles. The predicted molar refractivity (Wildman–Crippen MR) is 68.7 cm³/mol. The van der Waals surface area contributed by atoms with E-state index < -0.39 is 18.0 Å². The van der Waals surface area contributed by atoms with Crippen LogP contribution in [0.4, 0.5) is 4.79 Å². The van der Waals surface area contributed by atoms with Gasteiger partial charge in [0.15, 0.2) is 0 Å². The molecule has 1 aliphatic rings. The number of amides is 3. The van der Waals surface area contributed by atoms with Crippen LogP contribution in [0.15, 0.2) is 0 Å². The maximum atomic E-state index is 11.8. The Hall–Kier alpha value is -1.79. The Kier molecular flexibility index (Phi) is 6.11. The molecule has 0 aliphatic carbocycles. The van der Waals surface area contributed by atoms with Crippen LogP contribution in [0.2, 0.25) is 0 Å². The van der Waals surface area contributed by atoms with Gasteiger partial charge in [0.05, 0.1) is 0 Å². The van der Waals surface area contributed by atoms with Crippen molar-refractivity contribution in [3.8, 4) is 0 Å². The number of carboxylic acids is 1. The van der Waals surface area contributed by atoms with E-state index in [2.05, 4.69) is 10.6 Å². The standard InChI is InChI=1S/C12H21N3O4/c1-2-6-13-10(16)5-7-14-12(19)15-8-3-4-9(15)11(17)18/h9H,2-8H2,1H3,(H,13,16)(H,14,19)(H,17,18). The van der Waals surface area contributed by atoms with Crippen LogP contribution in [-0.2, 0) is 9.59 Å². The minimum Gasteiger partial charge on any atom is -0.480 e. The van der Waals surface area contributed by atoms with Gasteiger partial charge in [-0.15, -0.1) is 0 Å². The van der Waals surface area contributed by atoms with Crippen LogP contribution in [0, 0.1) is 0 Å². The highest BCUT2D eigenvalue weighted by molar-refractivity contribution is 5.83. The molecule has 1 unspecified atom stereocenters. The highest BCUT2D eigenvalue weighted by Gasteiger charge is 2.33. The second kappa shape index (κ2) is 7.60. The number of nitrogens with one attached hydrogen (secondary N) is 2. The van der Waals surface area contributed by atoms with Gasteiger partial charge in [-0.25, -0.2) is 9.59 Å². The Bertz CT molecular complexity index is 346. The number of hydrogen-bond acceptors (Lipinski definition) is 3. The Balaban J connectivity index is 2.27. The van der Waals surface area contributed by atoms with E-state index in [4.69, 9.17) is 5.11 Å². The molecule has 3 amide bonds. The Labute approximate surface area is 112 Å². The lowest BCUT2D eigenvalue weighted by Crippen LogP contribution is -2.46. The summed E-state index contributed by atoms with van der Waals surface area (Å²) in [5.41, 5.74) is 0. The maximum absolute atomic E-state index is 11.8. The first-order valence-corrected chi connectivity index (χ1v) is 6.60. The third kappa shape index (κ3) is 4.76. The molecule has 1 saturated heterocycles. The molecule has 19 heavy (non-hydrogen) atoms. The predicted octanol–water partition coefficient (Wildman–Crippen LogP) is 0.161. The van der Waals surface area contributed by atoms with E-state index >= 15 is 0 Å². The summed E-state index contributed by atoms with van der Waals surface area (Å²) in [5, 5.41) is 14.2. The summed E-state index contributed by atoms with van der Waals surface area (Å²) in [6.07, 6.45) is 2.25. The highest BCUT2D eigenvalue weighted by atomic mass is 16.4. The average molecular weight is 271 g/mol. The van der Waals surface area contributed by atoms with Gasteiger partial charge in [-0.3, -0.25) is 4.79 Å². The van der Waals surface area contributed by atoms with Gasteiger partial charge < -0.3 is 20.6 Å². The molecule has 1 fully saturated rings. The van der Waals surface area contributed by atoms with Gasteiger partial charge in [-0.2, -0.15) is 0 Å². The van der Waals surface area contributed by atoms with Gasteiger partial charge in [-0.1, -0.05) is 6.92 Å². The van der Waals surface area contributed by atoms with Crippen LogP contribution in [0.1, 0.15) is 32.6 Å². The lowest BCUT2D eigenvalue weighted by atomic mass is 10.2. The average Bonchev–Trinajstić information content (AvgIpc) is 2.85. The van der Waals surface area contributed by atoms with Crippen LogP contribution >= 0.6 is 0 Å². The third-order valence-corrected chi connectivity index (χ3v) is 3.00. The molecule has 3 N–H and O–H groups in total. The van der Waals surface area contributed by atoms with Crippen LogP contribution in [0.25, 0.3) is 0 Å². The van der Waals surface area contributed by atoms with Crippen molar-refractivity contribution >= 4 is 17.9 Å². The molecule has 1 atom stereocenters. The van der Waals surface area contributed by atoms with Crippen molar-refractivity contribution < 1.29 is 19.5 Å². The van der Waals surface area contributed by atoms with Gasteiger partial charge in [0, 0.05) is 26.1 Å². The van der Waals surface area contributed by atoms with Gasteiger partial charge in [-0.05, 0) is 19.3 Å². The van der Waals surface area contributed by atoms with E-state index in [0.717, 1.165) is 6.42 Å². The summed E-state index contributed by atoms with van der Waals surface area (Å²) >= 11 is 0. The van der Waals surface area contributed by atoms with Crippen molar-refractivity contribution in [3.05, 3.63) is 0 Å². The lowest BCUT2D eigenvalue weighted by molar-refractivity contribution is -0.141. The first-order chi connectivity index (χ1) is 9.06. The minimum absolute atomic E-state index is 0.113. The smallest absolute Gasteiger partial charge is 0.326 e. The largest absolute Gasteiger partial charge is 0.480 e. The van der Waals surface area contributed by atoms with Crippen LogP contribution < -0.4 is 10.6 Å². The van der Waals surface area contributed by atoms with E-state index in [0.29, 0.717) is 25.9 Å². The van der Waals surface area contributed by atoms with Crippen LogP contribution in [0.3, 0.4) is 0 Å². The number of urea groups is 1. The molecule has 1 heterocycles. The minimum atomic E-state index is -0.978. The molecule has 1 rings (SSSR count). The van der Waals surface area contributed by atoms with Crippen molar-refractivity contribution in [2.24, 2.45) is 0 Å².